The monoisotopic (exact) mass is 204 g/mol. The number of carbonyl (C=O) groups excluding carboxylic acids is 1. The number of hydrogen-bond acceptors (Lipinski definition) is 1. The van der Waals surface area contributed by atoms with Crippen molar-refractivity contribution in [2.45, 2.75) is 32.6 Å². The molecule has 0 unspecified atom stereocenters. The van der Waals surface area contributed by atoms with E-state index in [1.54, 1.807) is 0 Å². The van der Waals surface area contributed by atoms with Crippen LogP contribution in [0, 0.1) is 5.41 Å². The van der Waals surface area contributed by atoms with Crippen LogP contribution < -0.4 is 0 Å². The van der Waals surface area contributed by atoms with Gasteiger partial charge in [0.05, 0.1) is 0 Å². The van der Waals surface area contributed by atoms with E-state index in [1.165, 1.54) is 0 Å². The molecule has 0 spiro atoms. The molecule has 1 aliphatic rings. The molecule has 58 valence electrons. The normalized spacial score (nSPS) is 24.8. The van der Waals surface area contributed by atoms with Crippen LogP contribution in [0.1, 0.15) is 32.6 Å². The van der Waals surface area contributed by atoms with Gasteiger partial charge in [-0.2, -0.15) is 0 Å². The fraction of sp³-hybridized carbons (Fsp3) is 0.875. The van der Waals surface area contributed by atoms with Crippen LogP contribution in [0.3, 0.4) is 0 Å². The van der Waals surface area contributed by atoms with Crippen LogP contribution in [-0.4, -0.2) is 11.1 Å². The fourth-order valence-corrected chi connectivity index (χ4v) is 1.83. The molecule has 0 aromatic rings. The summed E-state index contributed by atoms with van der Waals surface area (Å²) in [4.78, 5) is 10.9. The largest absolute Gasteiger partial charge is 0.300 e. The highest BCUT2D eigenvalue weighted by atomic mass is 79.9. The molecule has 0 saturated heterocycles. The maximum absolute atomic E-state index is 10.9. The van der Waals surface area contributed by atoms with Crippen LogP contribution in [-0.2, 0) is 4.79 Å². The highest BCUT2D eigenvalue weighted by Gasteiger charge is 2.28. The third-order valence-corrected chi connectivity index (χ3v) is 3.69. The Kier molecular flexibility index (Phi) is 2.50. The van der Waals surface area contributed by atoms with E-state index in [0.29, 0.717) is 11.2 Å². The Hall–Kier alpha value is 0.150. The number of ketones is 1. The summed E-state index contributed by atoms with van der Waals surface area (Å²) in [7, 11) is 0. The standard InChI is InChI=1S/C8H13BrO/c1-8(6-9)4-2-7(10)3-5-8/h2-6H2,1H3. The lowest BCUT2D eigenvalue weighted by molar-refractivity contribution is -0.121. The summed E-state index contributed by atoms with van der Waals surface area (Å²) in [6.45, 7) is 2.24. The first-order valence-corrected chi connectivity index (χ1v) is 4.86. The van der Waals surface area contributed by atoms with Crippen molar-refractivity contribution in [2.75, 3.05) is 5.33 Å². The average molecular weight is 205 g/mol. The van der Waals surface area contributed by atoms with Gasteiger partial charge in [-0.3, -0.25) is 4.79 Å². The third-order valence-electron chi connectivity index (χ3n) is 2.34. The molecule has 0 bridgehead atoms. The summed E-state index contributed by atoms with van der Waals surface area (Å²) in [5, 5.41) is 1.03. The molecule has 1 aliphatic carbocycles. The van der Waals surface area contributed by atoms with Gasteiger partial charge in [0.25, 0.3) is 0 Å². The first kappa shape index (κ1) is 8.25. The molecule has 1 saturated carbocycles. The Labute approximate surface area is 70.3 Å². The molecule has 10 heavy (non-hydrogen) atoms. The molecule has 0 heterocycles. The number of carbonyl (C=O) groups is 1. The van der Waals surface area contributed by atoms with Crippen molar-refractivity contribution >= 4 is 21.7 Å². The fourth-order valence-electron chi connectivity index (χ4n) is 1.27. The van der Waals surface area contributed by atoms with Crippen molar-refractivity contribution in [2.24, 2.45) is 5.41 Å². The molecule has 0 atom stereocenters. The minimum atomic E-state index is 0.397. The van der Waals surface area contributed by atoms with Crippen molar-refractivity contribution < 1.29 is 4.79 Å². The lowest BCUT2D eigenvalue weighted by Gasteiger charge is -2.30. The molecular weight excluding hydrogens is 192 g/mol. The topological polar surface area (TPSA) is 17.1 Å². The first-order valence-electron chi connectivity index (χ1n) is 3.74. The van der Waals surface area contributed by atoms with E-state index in [-0.39, 0.29) is 0 Å². The van der Waals surface area contributed by atoms with Crippen molar-refractivity contribution in [3.05, 3.63) is 0 Å². The summed E-state index contributed by atoms with van der Waals surface area (Å²) < 4.78 is 0. The smallest absolute Gasteiger partial charge is 0.132 e. The van der Waals surface area contributed by atoms with Gasteiger partial charge >= 0.3 is 0 Å². The predicted molar refractivity (Wildman–Crippen MR) is 45.4 cm³/mol. The van der Waals surface area contributed by atoms with Gasteiger partial charge in [-0.05, 0) is 18.3 Å². The summed E-state index contributed by atoms with van der Waals surface area (Å²) in [5.74, 6) is 0.443. The van der Waals surface area contributed by atoms with Crippen molar-refractivity contribution in [1.82, 2.24) is 0 Å². The molecule has 0 N–H and O–H groups in total. The molecule has 1 rings (SSSR count). The zero-order valence-electron chi connectivity index (χ0n) is 6.32. The van der Waals surface area contributed by atoms with E-state index < -0.39 is 0 Å². The van der Waals surface area contributed by atoms with Gasteiger partial charge in [0, 0.05) is 18.2 Å². The summed E-state index contributed by atoms with van der Waals surface area (Å²) >= 11 is 3.48. The van der Waals surface area contributed by atoms with E-state index in [0.717, 1.165) is 31.0 Å². The van der Waals surface area contributed by atoms with Gasteiger partial charge in [0.2, 0.25) is 0 Å². The van der Waals surface area contributed by atoms with Crippen LogP contribution in [0.5, 0.6) is 0 Å². The Balaban J connectivity index is 2.46. The van der Waals surface area contributed by atoms with Crippen molar-refractivity contribution in [3.8, 4) is 0 Å². The van der Waals surface area contributed by atoms with Gasteiger partial charge in [-0.1, -0.05) is 22.9 Å². The highest BCUT2D eigenvalue weighted by molar-refractivity contribution is 9.09. The zero-order chi connectivity index (χ0) is 7.61. The lowest BCUT2D eigenvalue weighted by Crippen LogP contribution is -2.25. The summed E-state index contributed by atoms with van der Waals surface area (Å²) in [6, 6.07) is 0. The van der Waals surface area contributed by atoms with Crippen LogP contribution in [0.25, 0.3) is 0 Å². The second kappa shape index (κ2) is 3.04. The number of halogens is 1. The molecular formula is C8H13BrO. The molecule has 0 radical (unpaired) electrons. The Morgan fingerprint density at radius 2 is 2.00 bits per heavy atom. The Morgan fingerprint density at radius 1 is 1.50 bits per heavy atom. The predicted octanol–water partition coefficient (Wildman–Crippen LogP) is 2.53. The number of hydrogen-bond donors (Lipinski definition) is 0. The van der Waals surface area contributed by atoms with Gasteiger partial charge in [0.1, 0.15) is 5.78 Å². The van der Waals surface area contributed by atoms with Crippen molar-refractivity contribution in [3.63, 3.8) is 0 Å². The third kappa shape index (κ3) is 1.82. The quantitative estimate of drug-likeness (QED) is 0.601. The van der Waals surface area contributed by atoms with Crippen molar-refractivity contribution in [1.29, 1.82) is 0 Å². The van der Waals surface area contributed by atoms with E-state index in [4.69, 9.17) is 0 Å². The first-order chi connectivity index (χ1) is 4.66. The molecule has 0 amide bonds. The molecule has 1 fully saturated rings. The molecule has 2 heteroatoms. The number of rotatable bonds is 1. The van der Waals surface area contributed by atoms with Gasteiger partial charge in [-0.25, -0.2) is 0 Å². The molecule has 0 aromatic heterocycles. The van der Waals surface area contributed by atoms with E-state index in [2.05, 4.69) is 22.9 Å². The SMILES string of the molecule is CC1(CBr)CCC(=O)CC1. The average Bonchev–Trinajstić information content (AvgIpc) is 1.96. The van der Waals surface area contributed by atoms with Crippen LogP contribution >= 0.6 is 15.9 Å². The Morgan fingerprint density at radius 3 is 2.40 bits per heavy atom. The zero-order valence-corrected chi connectivity index (χ0v) is 7.91. The minimum absolute atomic E-state index is 0.397. The molecule has 0 aliphatic heterocycles. The molecule has 0 aromatic carbocycles. The van der Waals surface area contributed by atoms with Crippen LogP contribution in [0.4, 0.5) is 0 Å². The second-order valence-corrected chi connectivity index (χ2v) is 4.04. The van der Waals surface area contributed by atoms with Crippen LogP contribution in [0.15, 0.2) is 0 Å². The van der Waals surface area contributed by atoms with Gasteiger partial charge in [-0.15, -0.1) is 0 Å². The summed E-state index contributed by atoms with van der Waals surface area (Å²) in [5.41, 5.74) is 0.397. The summed E-state index contributed by atoms with van der Waals surface area (Å²) in [6.07, 6.45) is 3.72. The maximum Gasteiger partial charge on any atom is 0.132 e. The van der Waals surface area contributed by atoms with Gasteiger partial charge < -0.3 is 0 Å². The van der Waals surface area contributed by atoms with E-state index in [9.17, 15) is 4.79 Å². The number of Topliss-reactive ketones (excluding diaryl/α,β-unsaturated/α-hetero) is 1. The molecule has 1 nitrogen and oxygen atoms in total. The Bertz CT molecular complexity index is 132. The highest BCUT2D eigenvalue weighted by Crippen LogP contribution is 2.35. The maximum atomic E-state index is 10.9. The van der Waals surface area contributed by atoms with Gasteiger partial charge in [0.15, 0.2) is 0 Å². The van der Waals surface area contributed by atoms with E-state index >= 15 is 0 Å². The van der Waals surface area contributed by atoms with E-state index in [1.807, 2.05) is 0 Å². The number of alkyl halides is 1. The minimum Gasteiger partial charge on any atom is -0.300 e. The van der Waals surface area contributed by atoms with Crippen LogP contribution in [0.2, 0.25) is 0 Å². The lowest BCUT2D eigenvalue weighted by atomic mass is 9.77. The second-order valence-electron chi connectivity index (χ2n) is 3.48.